The number of halogens is 1. The van der Waals surface area contributed by atoms with Crippen LogP contribution in [-0.4, -0.2) is 16.7 Å². The highest BCUT2D eigenvalue weighted by molar-refractivity contribution is 8.00. The lowest BCUT2D eigenvalue weighted by molar-refractivity contribution is -0.121. The standard InChI is InChI=1S/C14H21FN2OS/c1-5-14(3,4)17-13(18)9(2)19-10-6-7-12(16)11(15)8-10/h6-9H,5,16H2,1-4H3,(H,17,18). The zero-order valence-corrected chi connectivity index (χ0v) is 12.6. The molecule has 3 N–H and O–H groups in total. The lowest BCUT2D eigenvalue weighted by atomic mass is 10.0. The smallest absolute Gasteiger partial charge is 0.233 e. The number of hydrogen-bond acceptors (Lipinski definition) is 3. The first-order valence-electron chi connectivity index (χ1n) is 6.29. The van der Waals surface area contributed by atoms with Gasteiger partial charge in [0.1, 0.15) is 5.82 Å². The molecule has 0 aromatic heterocycles. The van der Waals surface area contributed by atoms with E-state index in [1.807, 2.05) is 20.8 Å². The fourth-order valence-electron chi connectivity index (χ4n) is 1.36. The summed E-state index contributed by atoms with van der Waals surface area (Å²) in [6.07, 6.45) is 0.854. The Bertz CT molecular complexity index is 463. The van der Waals surface area contributed by atoms with Crippen LogP contribution in [0, 0.1) is 5.82 Å². The van der Waals surface area contributed by atoms with Crippen molar-refractivity contribution in [2.24, 2.45) is 0 Å². The molecule has 0 bridgehead atoms. The molecular formula is C14H21FN2OS. The molecule has 1 rings (SSSR count). The van der Waals surface area contributed by atoms with Crippen molar-refractivity contribution in [3.63, 3.8) is 0 Å². The fraction of sp³-hybridized carbons (Fsp3) is 0.500. The van der Waals surface area contributed by atoms with Crippen molar-refractivity contribution in [2.75, 3.05) is 5.73 Å². The van der Waals surface area contributed by atoms with Gasteiger partial charge in [0.2, 0.25) is 5.91 Å². The molecule has 1 amide bonds. The summed E-state index contributed by atoms with van der Waals surface area (Å²) in [5, 5.41) is 2.69. The van der Waals surface area contributed by atoms with Gasteiger partial charge >= 0.3 is 0 Å². The Morgan fingerprint density at radius 1 is 1.53 bits per heavy atom. The summed E-state index contributed by atoms with van der Waals surface area (Å²) in [4.78, 5) is 12.7. The van der Waals surface area contributed by atoms with Gasteiger partial charge in [-0.1, -0.05) is 6.92 Å². The summed E-state index contributed by atoms with van der Waals surface area (Å²) in [7, 11) is 0. The molecule has 3 nitrogen and oxygen atoms in total. The highest BCUT2D eigenvalue weighted by atomic mass is 32.2. The molecule has 0 aliphatic carbocycles. The second-order valence-electron chi connectivity index (χ2n) is 5.17. The van der Waals surface area contributed by atoms with E-state index >= 15 is 0 Å². The van der Waals surface area contributed by atoms with E-state index in [4.69, 9.17) is 5.73 Å². The normalized spacial score (nSPS) is 13.1. The third kappa shape index (κ3) is 4.74. The van der Waals surface area contributed by atoms with Crippen LogP contribution >= 0.6 is 11.8 Å². The number of carbonyl (C=O) groups is 1. The van der Waals surface area contributed by atoms with Crippen LogP contribution in [-0.2, 0) is 4.79 Å². The molecule has 0 saturated carbocycles. The molecular weight excluding hydrogens is 263 g/mol. The second kappa shape index (κ2) is 6.28. The summed E-state index contributed by atoms with van der Waals surface area (Å²) < 4.78 is 13.3. The third-order valence-electron chi connectivity index (χ3n) is 3.00. The topological polar surface area (TPSA) is 55.1 Å². The van der Waals surface area contributed by atoms with E-state index in [2.05, 4.69) is 5.32 Å². The Morgan fingerprint density at radius 2 is 2.16 bits per heavy atom. The lowest BCUT2D eigenvalue weighted by Crippen LogP contribution is -2.46. The van der Waals surface area contributed by atoms with Gasteiger partial charge in [0.25, 0.3) is 0 Å². The summed E-state index contributed by atoms with van der Waals surface area (Å²) in [5.41, 5.74) is 5.31. The van der Waals surface area contributed by atoms with E-state index in [9.17, 15) is 9.18 Å². The number of amides is 1. The minimum Gasteiger partial charge on any atom is -0.396 e. The van der Waals surface area contributed by atoms with Crippen LogP contribution in [0.3, 0.4) is 0 Å². The molecule has 19 heavy (non-hydrogen) atoms. The van der Waals surface area contributed by atoms with Crippen LogP contribution in [0.5, 0.6) is 0 Å². The Morgan fingerprint density at radius 3 is 2.68 bits per heavy atom. The van der Waals surface area contributed by atoms with Crippen LogP contribution in [0.4, 0.5) is 10.1 Å². The van der Waals surface area contributed by atoms with Crippen molar-refractivity contribution in [1.29, 1.82) is 0 Å². The summed E-state index contributed by atoms with van der Waals surface area (Å²) >= 11 is 1.32. The van der Waals surface area contributed by atoms with Crippen LogP contribution in [0.25, 0.3) is 0 Å². The molecule has 0 saturated heterocycles. The predicted octanol–water partition coefficient (Wildman–Crippen LogP) is 3.19. The predicted molar refractivity (Wildman–Crippen MR) is 78.6 cm³/mol. The van der Waals surface area contributed by atoms with E-state index < -0.39 is 5.82 Å². The molecule has 106 valence electrons. The van der Waals surface area contributed by atoms with E-state index in [1.54, 1.807) is 13.0 Å². The largest absolute Gasteiger partial charge is 0.396 e. The second-order valence-corrected chi connectivity index (χ2v) is 6.58. The minimum absolute atomic E-state index is 0.0471. The van der Waals surface area contributed by atoms with E-state index in [0.29, 0.717) is 4.90 Å². The number of nitrogen functional groups attached to an aromatic ring is 1. The van der Waals surface area contributed by atoms with Gasteiger partial charge < -0.3 is 11.1 Å². The van der Waals surface area contributed by atoms with Crippen molar-refractivity contribution in [3.05, 3.63) is 24.0 Å². The summed E-state index contributed by atoms with van der Waals surface area (Å²) in [6, 6.07) is 4.59. The Hall–Kier alpha value is -1.23. The van der Waals surface area contributed by atoms with Gasteiger partial charge in [0.05, 0.1) is 10.9 Å². The molecule has 5 heteroatoms. The van der Waals surface area contributed by atoms with E-state index in [-0.39, 0.29) is 22.4 Å². The quantitative estimate of drug-likeness (QED) is 0.645. The number of benzene rings is 1. The van der Waals surface area contributed by atoms with Gasteiger partial charge in [-0.3, -0.25) is 4.79 Å². The Labute approximate surface area is 118 Å². The number of nitrogens with two attached hydrogens (primary N) is 1. The monoisotopic (exact) mass is 284 g/mol. The van der Waals surface area contributed by atoms with E-state index in [0.717, 1.165) is 6.42 Å². The van der Waals surface area contributed by atoms with Crippen molar-refractivity contribution in [3.8, 4) is 0 Å². The number of carbonyl (C=O) groups excluding carboxylic acids is 1. The molecule has 1 unspecified atom stereocenters. The zero-order valence-electron chi connectivity index (χ0n) is 11.8. The van der Waals surface area contributed by atoms with Gasteiger partial charge in [0.15, 0.2) is 0 Å². The molecule has 0 aliphatic heterocycles. The average Bonchev–Trinajstić information content (AvgIpc) is 2.33. The van der Waals surface area contributed by atoms with Gasteiger partial charge in [-0.25, -0.2) is 4.39 Å². The molecule has 0 spiro atoms. The first kappa shape index (κ1) is 15.8. The van der Waals surface area contributed by atoms with Crippen LogP contribution in [0.15, 0.2) is 23.1 Å². The summed E-state index contributed by atoms with van der Waals surface area (Å²) in [5.74, 6) is -0.499. The number of hydrogen-bond donors (Lipinski definition) is 2. The van der Waals surface area contributed by atoms with E-state index in [1.165, 1.54) is 23.9 Å². The molecule has 1 aromatic carbocycles. The van der Waals surface area contributed by atoms with Crippen LogP contribution in [0.1, 0.15) is 34.1 Å². The first-order chi connectivity index (χ1) is 8.75. The van der Waals surface area contributed by atoms with Crippen molar-refractivity contribution >= 4 is 23.4 Å². The molecule has 0 radical (unpaired) electrons. The molecule has 1 atom stereocenters. The average molecular weight is 284 g/mol. The van der Waals surface area contributed by atoms with Crippen molar-refractivity contribution in [2.45, 2.75) is 49.8 Å². The maximum atomic E-state index is 13.3. The summed E-state index contributed by atoms with van der Waals surface area (Å²) in [6.45, 7) is 7.78. The lowest BCUT2D eigenvalue weighted by Gasteiger charge is -2.26. The Kier molecular flexibility index (Phi) is 5.23. The Balaban J connectivity index is 2.66. The maximum Gasteiger partial charge on any atom is 0.233 e. The van der Waals surface area contributed by atoms with Gasteiger partial charge in [-0.2, -0.15) is 0 Å². The van der Waals surface area contributed by atoms with Crippen LogP contribution in [0.2, 0.25) is 0 Å². The third-order valence-corrected chi connectivity index (χ3v) is 4.09. The highest BCUT2D eigenvalue weighted by Crippen LogP contribution is 2.26. The number of rotatable bonds is 5. The molecule has 0 aliphatic rings. The number of anilines is 1. The van der Waals surface area contributed by atoms with Crippen molar-refractivity contribution in [1.82, 2.24) is 5.32 Å². The van der Waals surface area contributed by atoms with Gasteiger partial charge in [0, 0.05) is 10.4 Å². The first-order valence-corrected chi connectivity index (χ1v) is 7.17. The van der Waals surface area contributed by atoms with Crippen LogP contribution < -0.4 is 11.1 Å². The molecule has 1 aromatic rings. The number of nitrogens with one attached hydrogen (secondary N) is 1. The highest BCUT2D eigenvalue weighted by Gasteiger charge is 2.22. The van der Waals surface area contributed by atoms with Gasteiger partial charge in [-0.15, -0.1) is 11.8 Å². The SMILES string of the molecule is CCC(C)(C)NC(=O)C(C)Sc1ccc(N)c(F)c1. The number of thioether (sulfide) groups is 1. The molecule has 0 heterocycles. The van der Waals surface area contributed by atoms with Gasteiger partial charge in [-0.05, 0) is 45.4 Å². The van der Waals surface area contributed by atoms with Crippen molar-refractivity contribution < 1.29 is 9.18 Å². The fourth-order valence-corrected chi connectivity index (χ4v) is 2.25. The molecule has 0 fully saturated rings. The minimum atomic E-state index is -0.452. The zero-order chi connectivity index (χ0) is 14.6. The maximum absolute atomic E-state index is 13.3.